The van der Waals surface area contributed by atoms with Gasteiger partial charge in [-0.3, -0.25) is 9.59 Å². The van der Waals surface area contributed by atoms with Crippen molar-refractivity contribution in [1.82, 2.24) is 4.72 Å². The molecule has 0 fully saturated rings. The first-order valence-corrected chi connectivity index (χ1v) is 12.7. The minimum Gasteiger partial charge on any atom is -0.301 e. The van der Waals surface area contributed by atoms with Crippen molar-refractivity contribution in [1.29, 1.82) is 0 Å². The summed E-state index contributed by atoms with van der Waals surface area (Å²) < 4.78 is 55.8. The molecule has 0 radical (unpaired) electrons. The summed E-state index contributed by atoms with van der Waals surface area (Å²) in [5.74, 6) is -6.21. The number of hydrogen-bond acceptors (Lipinski definition) is 5. The van der Waals surface area contributed by atoms with Crippen LogP contribution in [0.4, 0.5) is 14.5 Å². The smallest absolute Gasteiger partial charge is 0.301 e. The molecule has 12 heteroatoms. The Morgan fingerprint density at radius 3 is 2.59 bits per heavy atom. The van der Waals surface area contributed by atoms with Gasteiger partial charge in [-0.25, -0.2) is 13.1 Å². The Hall–Kier alpha value is -2.79. The van der Waals surface area contributed by atoms with E-state index in [1.54, 1.807) is 5.38 Å². The van der Waals surface area contributed by atoms with Gasteiger partial charge in [0.2, 0.25) is 0 Å². The van der Waals surface area contributed by atoms with Crippen LogP contribution in [-0.2, 0) is 32.1 Å². The average molecular weight is 543 g/mol. The molecule has 1 aromatic heterocycles. The normalized spacial score (nSPS) is 15.1. The second kappa shape index (κ2) is 9.10. The summed E-state index contributed by atoms with van der Waals surface area (Å²) in [6.45, 7) is -0.263. The van der Waals surface area contributed by atoms with E-state index in [0.29, 0.717) is 10.6 Å². The van der Waals surface area contributed by atoms with Gasteiger partial charge in [0.05, 0.1) is 17.8 Å². The topological polar surface area (TPSA) is 83.6 Å². The van der Waals surface area contributed by atoms with Crippen LogP contribution in [0.15, 0.2) is 64.2 Å². The highest BCUT2D eigenvalue weighted by atomic mass is 35.5. The Kier molecular flexibility index (Phi) is 6.52. The number of thiophene rings is 1. The highest BCUT2D eigenvalue weighted by Crippen LogP contribution is 2.47. The van der Waals surface area contributed by atoms with E-state index in [2.05, 4.69) is 0 Å². The Labute approximate surface area is 207 Å². The molecular weight excluding hydrogens is 529 g/mol. The summed E-state index contributed by atoms with van der Waals surface area (Å²) in [5.41, 5.74) is -0.122. The Balaban J connectivity index is 1.66. The van der Waals surface area contributed by atoms with E-state index in [-0.39, 0.29) is 27.0 Å². The van der Waals surface area contributed by atoms with Crippen LogP contribution in [0.2, 0.25) is 10.0 Å². The fourth-order valence-electron chi connectivity index (χ4n) is 3.41. The lowest BCUT2D eigenvalue weighted by Gasteiger charge is -2.20. The molecule has 2 aromatic carbocycles. The molecule has 1 N–H and O–H groups in total. The number of alkyl halides is 2. The van der Waals surface area contributed by atoms with E-state index in [1.165, 1.54) is 48.5 Å². The van der Waals surface area contributed by atoms with Crippen molar-refractivity contribution < 1.29 is 26.8 Å². The molecule has 4 rings (SSSR count). The zero-order chi connectivity index (χ0) is 24.7. The molecule has 0 saturated carbocycles. The van der Waals surface area contributed by atoms with Gasteiger partial charge in [0, 0.05) is 16.1 Å². The third-order valence-electron chi connectivity index (χ3n) is 4.94. The number of carbonyl (C=O) groups is 2. The first kappa shape index (κ1) is 24.3. The molecule has 176 valence electrons. The molecule has 0 aliphatic carbocycles. The maximum atomic E-state index is 14.8. The molecule has 0 spiro atoms. The first-order valence-electron chi connectivity index (χ1n) is 9.56. The fraction of sp³-hybridized carbons (Fsp3) is 0.0909. The van der Waals surface area contributed by atoms with Gasteiger partial charge < -0.3 is 4.90 Å². The van der Waals surface area contributed by atoms with Gasteiger partial charge in [-0.2, -0.15) is 8.78 Å². The zero-order valence-corrected chi connectivity index (χ0v) is 20.1. The summed E-state index contributed by atoms with van der Waals surface area (Å²) in [5, 5.41) is 2.09. The lowest BCUT2D eigenvalue weighted by molar-refractivity contribution is -0.141. The maximum absolute atomic E-state index is 14.8. The van der Waals surface area contributed by atoms with E-state index in [1.807, 2.05) is 4.72 Å². The molecule has 34 heavy (non-hydrogen) atoms. The molecule has 0 atom stereocenters. The van der Waals surface area contributed by atoms with E-state index < -0.39 is 33.3 Å². The molecule has 1 aliphatic heterocycles. The number of nitrogens with one attached hydrogen (secondary N) is 1. The molecule has 3 aromatic rings. The van der Waals surface area contributed by atoms with Crippen molar-refractivity contribution in [2.75, 3.05) is 4.90 Å². The summed E-state index contributed by atoms with van der Waals surface area (Å²) >= 11 is 13.0. The van der Waals surface area contributed by atoms with Crippen LogP contribution in [0, 0.1) is 0 Å². The van der Waals surface area contributed by atoms with Crippen molar-refractivity contribution in [2.24, 2.45) is 0 Å². The third-order valence-corrected chi connectivity index (χ3v) is 8.27. The number of para-hydroxylation sites is 1. The molecule has 0 bridgehead atoms. The van der Waals surface area contributed by atoms with Crippen LogP contribution in [-0.4, -0.2) is 20.2 Å². The van der Waals surface area contributed by atoms with Crippen LogP contribution in [0.3, 0.4) is 0 Å². The number of nitrogens with zero attached hydrogens (tertiary/aromatic N) is 1. The van der Waals surface area contributed by atoms with E-state index >= 15 is 0 Å². The largest absolute Gasteiger partial charge is 0.352 e. The Bertz CT molecular complexity index is 1420. The standard InChI is InChI=1S/C22H14Cl2F2N2O4S2/c23-15-8-6-14(17(24)11-15)12-28-20-13(3-1-4-16(20)22(25,26)21(28)30)7-9-18(29)27-34(31,32)19-5-2-10-33-19/h1-11H,12H2,(H,27,29)/b9-7+. The number of amides is 2. The fourth-order valence-corrected chi connectivity index (χ4v) is 5.81. The van der Waals surface area contributed by atoms with Crippen LogP contribution < -0.4 is 9.62 Å². The van der Waals surface area contributed by atoms with Crippen molar-refractivity contribution in [3.05, 3.63) is 86.7 Å². The molecule has 1 aliphatic rings. The predicted octanol–water partition coefficient (Wildman–Crippen LogP) is 5.21. The van der Waals surface area contributed by atoms with Gasteiger partial charge in [-0.15, -0.1) is 11.3 Å². The number of halogens is 4. The van der Waals surface area contributed by atoms with Crippen LogP contribution >= 0.6 is 34.5 Å². The summed E-state index contributed by atoms with van der Waals surface area (Å²) in [6, 6.07) is 11.2. The first-order chi connectivity index (χ1) is 16.0. The number of hydrogen-bond donors (Lipinski definition) is 1. The lowest BCUT2D eigenvalue weighted by atomic mass is 10.0. The number of benzene rings is 2. The average Bonchev–Trinajstić information content (AvgIpc) is 3.38. The summed E-state index contributed by atoms with van der Waals surface area (Å²) in [4.78, 5) is 25.7. The van der Waals surface area contributed by atoms with Gasteiger partial charge in [0.1, 0.15) is 4.21 Å². The van der Waals surface area contributed by atoms with Crippen molar-refractivity contribution >= 4 is 68.1 Å². The van der Waals surface area contributed by atoms with Crippen LogP contribution in [0.5, 0.6) is 0 Å². The maximum Gasteiger partial charge on any atom is 0.352 e. The number of fused-ring (bicyclic) bond motifs is 1. The van der Waals surface area contributed by atoms with Crippen LogP contribution in [0.1, 0.15) is 16.7 Å². The second-order valence-corrected chi connectivity index (χ2v) is 10.9. The lowest BCUT2D eigenvalue weighted by Crippen LogP contribution is -2.34. The van der Waals surface area contributed by atoms with Crippen molar-refractivity contribution in [3.8, 4) is 0 Å². The number of sulfonamides is 1. The second-order valence-electron chi connectivity index (χ2n) is 7.18. The highest BCUT2D eigenvalue weighted by molar-refractivity contribution is 7.92. The molecular formula is C22H14Cl2F2N2O4S2. The molecule has 0 unspecified atom stereocenters. The number of carbonyl (C=O) groups excluding carboxylic acids is 2. The molecule has 2 amide bonds. The van der Waals surface area contributed by atoms with Crippen molar-refractivity contribution in [3.63, 3.8) is 0 Å². The molecule has 0 saturated heterocycles. The number of anilines is 1. The Morgan fingerprint density at radius 1 is 1.15 bits per heavy atom. The summed E-state index contributed by atoms with van der Waals surface area (Å²) in [7, 11) is -4.06. The number of rotatable bonds is 6. The van der Waals surface area contributed by atoms with E-state index in [4.69, 9.17) is 23.2 Å². The van der Waals surface area contributed by atoms with Gasteiger partial charge in [-0.1, -0.05) is 53.5 Å². The van der Waals surface area contributed by atoms with Gasteiger partial charge in [-0.05, 0) is 40.8 Å². The third kappa shape index (κ3) is 4.58. The summed E-state index contributed by atoms with van der Waals surface area (Å²) in [6.07, 6.45) is 2.07. The monoisotopic (exact) mass is 542 g/mol. The highest BCUT2D eigenvalue weighted by Gasteiger charge is 2.53. The van der Waals surface area contributed by atoms with E-state index in [9.17, 15) is 26.8 Å². The van der Waals surface area contributed by atoms with Gasteiger partial charge in [0.15, 0.2) is 0 Å². The molecule has 2 heterocycles. The SMILES string of the molecule is O=C(/C=C/c1cccc2c1N(Cc1ccc(Cl)cc1Cl)C(=O)C2(F)F)NS(=O)(=O)c1cccs1. The van der Waals surface area contributed by atoms with Crippen LogP contribution in [0.25, 0.3) is 6.08 Å². The quantitative estimate of drug-likeness (QED) is 0.433. The van der Waals surface area contributed by atoms with Gasteiger partial charge >= 0.3 is 11.8 Å². The Morgan fingerprint density at radius 2 is 1.91 bits per heavy atom. The van der Waals surface area contributed by atoms with E-state index in [0.717, 1.165) is 28.4 Å². The zero-order valence-electron chi connectivity index (χ0n) is 17.0. The van der Waals surface area contributed by atoms with Gasteiger partial charge in [0.25, 0.3) is 15.9 Å². The molecule has 6 nitrogen and oxygen atoms in total. The minimum atomic E-state index is -4.06. The predicted molar refractivity (Wildman–Crippen MR) is 127 cm³/mol. The minimum absolute atomic E-state index is 0.0499. The van der Waals surface area contributed by atoms with Crippen molar-refractivity contribution in [2.45, 2.75) is 16.7 Å².